The van der Waals surface area contributed by atoms with E-state index >= 15 is 0 Å². The Kier molecular flexibility index (Phi) is 6.10. The fourth-order valence-electron chi connectivity index (χ4n) is 2.88. The summed E-state index contributed by atoms with van der Waals surface area (Å²) in [6.07, 6.45) is 2.51. The standard InChI is InChI=1S/C16H18N2O4S2.ClH/c1-22-16(19)15-8-12(9-23-15)24(20,21)18-14-4-2-3-10-7-11(17)5-6-13(10)14;/h5-9,14,18H,2-4,17H2,1H3;1H. The summed E-state index contributed by atoms with van der Waals surface area (Å²) in [6.45, 7) is 0. The molecule has 1 aromatic carbocycles. The zero-order valence-corrected chi connectivity index (χ0v) is 16.0. The van der Waals surface area contributed by atoms with E-state index in [-0.39, 0.29) is 28.2 Å². The molecule has 0 spiro atoms. The van der Waals surface area contributed by atoms with Gasteiger partial charge < -0.3 is 10.5 Å². The summed E-state index contributed by atoms with van der Waals surface area (Å²) in [7, 11) is -2.45. The third-order valence-corrected chi connectivity index (χ3v) is 6.56. The van der Waals surface area contributed by atoms with Crippen molar-refractivity contribution >= 4 is 45.4 Å². The quantitative estimate of drug-likeness (QED) is 0.605. The van der Waals surface area contributed by atoms with Gasteiger partial charge >= 0.3 is 5.97 Å². The molecule has 0 saturated heterocycles. The Morgan fingerprint density at radius 2 is 2.12 bits per heavy atom. The highest BCUT2D eigenvalue weighted by molar-refractivity contribution is 7.89. The summed E-state index contributed by atoms with van der Waals surface area (Å²) < 4.78 is 32.6. The first-order chi connectivity index (χ1) is 11.4. The van der Waals surface area contributed by atoms with E-state index in [1.54, 1.807) is 6.07 Å². The number of halogens is 1. The topological polar surface area (TPSA) is 98.5 Å². The number of anilines is 1. The summed E-state index contributed by atoms with van der Waals surface area (Å²) in [4.78, 5) is 11.8. The number of methoxy groups -OCH3 is 1. The number of carbonyl (C=O) groups excluding carboxylic acids is 1. The third kappa shape index (κ3) is 4.14. The highest BCUT2D eigenvalue weighted by atomic mass is 35.5. The zero-order valence-electron chi connectivity index (χ0n) is 13.5. The van der Waals surface area contributed by atoms with Crippen molar-refractivity contribution in [3.8, 4) is 0 Å². The molecule has 0 aliphatic heterocycles. The fourth-order valence-corrected chi connectivity index (χ4v) is 5.32. The van der Waals surface area contributed by atoms with Gasteiger partial charge in [-0.2, -0.15) is 0 Å². The molecular formula is C16H19ClN2O4S2. The van der Waals surface area contributed by atoms with Crippen LogP contribution in [0.25, 0.3) is 0 Å². The lowest BCUT2D eigenvalue weighted by Gasteiger charge is -2.26. The van der Waals surface area contributed by atoms with Crippen LogP contribution >= 0.6 is 23.7 Å². The van der Waals surface area contributed by atoms with Gasteiger partial charge in [-0.3, -0.25) is 0 Å². The van der Waals surface area contributed by atoms with Crippen molar-refractivity contribution in [3.63, 3.8) is 0 Å². The average molecular weight is 403 g/mol. The van der Waals surface area contributed by atoms with E-state index < -0.39 is 16.0 Å². The summed E-state index contributed by atoms with van der Waals surface area (Å²) in [6, 6.07) is 6.61. The number of hydrogen-bond donors (Lipinski definition) is 2. The number of fused-ring (bicyclic) bond motifs is 1. The highest BCUT2D eigenvalue weighted by Crippen LogP contribution is 2.32. The van der Waals surface area contributed by atoms with Crippen LogP contribution in [-0.4, -0.2) is 21.5 Å². The molecule has 25 heavy (non-hydrogen) atoms. The van der Waals surface area contributed by atoms with Crippen LogP contribution in [0.5, 0.6) is 0 Å². The molecule has 1 unspecified atom stereocenters. The van der Waals surface area contributed by atoms with Crippen LogP contribution in [0.2, 0.25) is 0 Å². The number of nitrogens with one attached hydrogen (secondary N) is 1. The number of rotatable bonds is 4. The smallest absolute Gasteiger partial charge is 0.348 e. The van der Waals surface area contributed by atoms with Crippen LogP contribution in [-0.2, 0) is 21.2 Å². The Bertz CT molecular complexity index is 880. The van der Waals surface area contributed by atoms with E-state index in [0.29, 0.717) is 5.69 Å². The molecule has 6 nitrogen and oxygen atoms in total. The van der Waals surface area contributed by atoms with Crippen LogP contribution in [0.15, 0.2) is 34.5 Å². The molecule has 0 fully saturated rings. The van der Waals surface area contributed by atoms with Crippen molar-refractivity contribution in [2.24, 2.45) is 0 Å². The molecule has 0 radical (unpaired) electrons. The van der Waals surface area contributed by atoms with Crippen molar-refractivity contribution in [1.82, 2.24) is 4.72 Å². The van der Waals surface area contributed by atoms with E-state index in [4.69, 9.17) is 5.73 Å². The Balaban J connectivity index is 0.00000225. The predicted molar refractivity (Wildman–Crippen MR) is 99.8 cm³/mol. The van der Waals surface area contributed by atoms with Gasteiger partial charge in [0.25, 0.3) is 0 Å². The lowest BCUT2D eigenvalue weighted by Crippen LogP contribution is -2.30. The van der Waals surface area contributed by atoms with Crippen molar-refractivity contribution in [2.45, 2.75) is 30.2 Å². The molecular weight excluding hydrogens is 384 g/mol. The molecule has 2 aromatic rings. The number of esters is 1. The molecule has 1 atom stereocenters. The number of ether oxygens (including phenoxy) is 1. The summed E-state index contributed by atoms with van der Waals surface area (Å²) in [5, 5.41) is 1.45. The van der Waals surface area contributed by atoms with Crippen molar-refractivity contribution in [2.75, 3.05) is 12.8 Å². The lowest BCUT2D eigenvalue weighted by atomic mass is 9.88. The molecule has 1 aromatic heterocycles. The Labute approximate surface area is 156 Å². The molecule has 3 N–H and O–H groups in total. The van der Waals surface area contributed by atoms with Gasteiger partial charge in [-0.15, -0.1) is 23.7 Å². The maximum absolute atomic E-state index is 12.6. The predicted octanol–water partition coefficient (Wildman–Crippen LogP) is 2.89. The number of sulfonamides is 1. The number of nitrogen functional groups attached to an aromatic ring is 1. The average Bonchev–Trinajstić information content (AvgIpc) is 3.04. The van der Waals surface area contributed by atoms with Crippen molar-refractivity contribution < 1.29 is 17.9 Å². The Morgan fingerprint density at radius 1 is 1.36 bits per heavy atom. The third-order valence-electron chi connectivity index (χ3n) is 4.05. The number of nitrogens with two attached hydrogens (primary N) is 1. The summed E-state index contributed by atoms with van der Waals surface area (Å²) in [5.41, 5.74) is 8.53. The molecule has 3 rings (SSSR count). The minimum Gasteiger partial charge on any atom is -0.465 e. The molecule has 9 heteroatoms. The van der Waals surface area contributed by atoms with Gasteiger partial charge in [0.15, 0.2) is 0 Å². The van der Waals surface area contributed by atoms with Crippen LogP contribution in [0.3, 0.4) is 0 Å². The first-order valence-electron chi connectivity index (χ1n) is 7.48. The monoisotopic (exact) mass is 402 g/mol. The number of carbonyl (C=O) groups is 1. The molecule has 0 bridgehead atoms. The molecule has 1 aliphatic carbocycles. The second kappa shape index (κ2) is 7.74. The number of aryl methyl sites for hydroxylation is 1. The van der Waals surface area contributed by atoms with Crippen LogP contribution in [0, 0.1) is 0 Å². The van der Waals surface area contributed by atoms with Gasteiger partial charge in [0, 0.05) is 17.1 Å². The maximum Gasteiger partial charge on any atom is 0.348 e. The van der Waals surface area contributed by atoms with E-state index in [1.165, 1.54) is 18.6 Å². The van der Waals surface area contributed by atoms with Gasteiger partial charge in [0.1, 0.15) is 4.88 Å². The van der Waals surface area contributed by atoms with Crippen LogP contribution in [0.4, 0.5) is 5.69 Å². The Hall–Kier alpha value is -1.61. The first-order valence-corrected chi connectivity index (χ1v) is 9.84. The van der Waals surface area contributed by atoms with E-state index in [0.717, 1.165) is 41.7 Å². The first kappa shape index (κ1) is 19.7. The molecule has 1 aliphatic rings. The van der Waals surface area contributed by atoms with Crippen LogP contribution in [0.1, 0.15) is 39.7 Å². The van der Waals surface area contributed by atoms with Gasteiger partial charge in [-0.25, -0.2) is 17.9 Å². The van der Waals surface area contributed by atoms with Gasteiger partial charge in [0.05, 0.1) is 12.0 Å². The van der Waals surface area contributed by atoms with Gasteiger partial charge in [0.2, 0.25) is 10.0 Å². The summed E-state index contributed by atoms with van der Waals surface area (Å²) >= 11 is 1.05. The van der Waals surface area contributed by atoms with Gasteiger partial charge in [-0.1, -0.05) is 6.07 Å². The van der Waals surface area contributed by atoms with Crippen LogP contribution < -0.4 is 10.5 Å². The van der Waals surface area contributed by atoms with E-state index in [2.05, 4.69) is 9.46 Å². The number of benzene rings is 1. The molecule has 1 heterocycles. The minimum atomic E-state index is -3.71. The minimum absolute atomic E-state index is 0. The summed E-state index contributed by atoms with van der Waals surface area (Å²) in [5.74, 6) is -0.542. The molecule has 136 valence electrons. The normalized spacial score (nSPS) is 16.6. The van der Waals surface area contributed by atoms with Gasteiger partial charge in [-0.05, 0) is 48.6 Å². The van der Waals surface area contributed by atoms with Crippen molar-refractivity contribution in [3.05, 3.63) is 45.6 Å². The largest absolute Gasteiger partial charge is 0.465 e. The second-order valence-corrected chi connectivity index (χ2v) is 8.29. The molecule has 0 amide bonds. The number of hydrogen-bond acceptors (Lipinski definition) is 6. The second-order valence-electron chi connectivity index (χ2n) is 5.66. The van der Waals surface area contributed by atoms with E-state index in [9.17, 15) is 13.2 Å². The highest BCUT2D eigenvalue weighted by Gasteiger charge is 2.27. The Morgan fingerprint density at radius 3 is 2.84 bits per heavy atom. The lowest BCUT2D eigenvalue weighted by molar-refractivity contribution is 0.0606. The SMILES string of the molecule is COC(=O)c1cc(S(=O)(=O)NC2CCCc3cc(N)ccc32)cs1.Cl. The zero-order chi connectivity index (χ0) is 17.3. The van der Waals surface area contributed by atoms with E-state index in [1.807, 2.05) is 12.1 Å². The fraction of sp³-hybridized carbons (Fsp3) is 0.312. The number of thiophene rings is 1. The maximum atomic E-state index is 12.6. The van der Waals surface area contributed by atoms with Crippen molar-refractivity contribution in [1.29, 1.82) is 0 Å². The molecule has 0 saturated carbocycles.